The Morgan fingerprint density at radius 1 is 0.338 bits per heavy atom. The maximum absolute atomic E-state index is 6.13. The smallest absolute Gasteiger partial charge is 0.119 e. The molecule has 4 heteroatoms. The molecule has 0 bridgehead atoms. The van der Waals surface area contributed by atoms with Gasteiger partial charge in [-0.15, -0.1) is 22.7 Å². The van der Waals surface area contributed by atoms with E-state index in [2.05, 4.69) is 137 Å². The van der Waals surface area contributed by atoms with Crippen LogP contribution >= 0.6 is 22.7 Å². The maximum atomic E-state index is 6.13. The Bertz CT molecular complexity index is 2130. The molecule has 0 fully saturated rings. The lowest BCUT2D eigenvalue weighted by molar-refractivity contribution is 0.304. The van der Waals surface area contributed by atoms with Crippen molar-refractivity contribution in [2.45, 2.75) is 174 Å². The summed E-state index contributed by atoms with van der Waals surface area (Å²) < 4.78 is 12.3. The Morgan fingerprint density at radius 3 is 1.05 bits per heavy atom. The van der Waals surface area contributed by atoms with Gasteiger partial charge >= 0.3 is 0 Å². The standard InChI is InChI=1S/C61H78O2S2/c1-5-9-13-17-19-23-43-62-51-31-25-47(26-32-51)57-37-39-59(64-57)49-29-35-53-54-36-30-50(46-56(54)61(55(53)45-49,41-21-15-11-7-3)42-22-16-12-8-4)60-40-38-58(65-60)48-27-33-52(34-28-48)63-44-24-20-18-14-10-6-2/h25-40,45-46H,5-24,41-44H2,1-4H3. The van der Waals surface area contributed by atoms with Gasteiger partial charge in [-0.3, -0.25) is 0 Å². The summed E-state index contributed by atoms with van der Waals surface area (Å²) in [6.45, 7) is 10.8. The molecule has 346 valence electrons. The molecule has 1 aliphatic carbocycles. The van der Waals surface area contributed by atoms with E-state index < -0.39 is 0 Å². The predicted octanol–water partition coefficient (Wildman–Crippen LogP) is 20.2. The Kier molecular flexibility index (Phi) is 19.3. The van der Waals surface area contributed by atoms with Gasteiger partial charge in [0.2, 0.25) is 0 Å². The normalized spacial score (nSPS) is 12.7. The Labute approximate surface area is 402 Å². The molecule has 0 aliphatic heterocycles. The second kappa shape index (κ2) is 25.7. The summed E-state index contributed by atoms with van der Waals surface area (Å²) in [5.41, 5.74) is 11.2. The van der Waals surface area contributed by atoms with Gasteiger partial charge < -0.3 is 9.47 Å². The summed E-state index contributed by atoms with van der Waals surface area (Å²) in [6.07, 6.45) is 28.0. The highest BCUT2D eigenvalue weighted by atomic mass is 32.1. The van der Waals surface area contributed by atoms with Crippen LogP contribution in [0.25, 0.3) is 52.9 Å². The van der Waals surface area contributed by atoms with Gasteiger partial charge in [-0.05, 0) is 155 Å². The van der Waals surface area contributed by atoms with E-state index >= 15 is 0 Å². The van der Waals surface area contributed by atoms with Gasteiger partial charge in [-0.2, -0.15) is 0 Å². The summed E-state index contributed by atoms with van der Waals surface area (Å²) in [5, 5.41) is 0. The van der Waals surface area contributed by atoms with Crippen molar-refractivity contribution in [3.63, 3.8) is 0 Å². The zero-order valence-electron chi connectivity index (χ0n) is 40.5. The zero-order valence-corrected chi connectivity index (χ0v) is 42.1. The molecule has 2 aromatic heterocycles. The van der Waals surface area contributed by atoms with E-state index in [-0.39, 0.29) is 5.41 Å². The van der Waals surface area contributed by atoms with Gasteiger partial charge in [-0.1, -0.05) is 168 Å². The summed E-state index contributed by atoms with van der Waals surface area (Å²) in [5.74, 6) is 1.95. The van der Waals surface area contributed by atoms with Crippen LogP contribution in [-0.4, -0.2) is 13.2 Å². The van der Waals surface area contributed by atoms with Crippen molar-refractivity contribution in [3.05, 3.63) is 120 Å². The molecule has 0 amide bonds. The van der Waals surface area contributed by atoms with E-state index in [1.165, 1.54) is 181 Å². The molecule has 0 atom stereocenters. The molecule has 2 heterocycles. The fourth-order valence-corrected chi connectivity index (χ4v) is 12.1. The SMILES string of the molecule is CCCCCCCCOc1ccc(-c2ccc(-c3ccc4c(c3)C(CCCCCC)(CCCCCC)c3cc(-c5ccc(-c6ccc(OCCCCCCCC)cc6)s5)ccc3-4)s2)cc1. The molecule has 0 radical (unpaired) electrons. The number of fused-ring (bicyclic) bond motifs is 3. The molecular weight excluding hydrogens is 829 g/mol. The first-order chi connectivity index (χ1) is 32.1. The number of ether oxygens (including phenoxy) is 2. The van der Waals surface area contributed by atoms with Gasteiger partial charge in [0.1, 0.15) is 11.5 Å². The molecule has 0 saturated heterocycles. The van der Waals surface area contributed by atoms with Crippen LogP contribution in [-0.2, 0) is 5.41 Å². The first-order valence-corrected chi connectivity index (χ1v) is 27.7. The maximum Gasteiger partial charge on any atom is 0.119 e. The average molecular weight is 907 g/mol. The molecule has 1 aliphatic rings. The van der Waals surface area contributed by atoms with E-state index in [9.17, 15) is 0 Å². The minimum atomic E-state index is 0.00895. The van der Waals surface area contributed by atoms with Crippen LogP contribution in [0.3, 0.4) is 0 Å². The van der Waals surface area contributed by atoms with Gasteiger partial charge in [0, 0.05) is 24.9 Å². The third-order valence-corrected chi connectivity index (χ3v) is 16.2. The fourth-order valence-electron chi connectivity index (χ4n) is 10.0. The van der Waals surface area contributed by atoms with Gasteiger partial charge in [0.25, 0.3) is 0 Å². The fraction of sp³-hybridized carbons (Fsp3) is 0.475. The van der Waals surface area contributed by atoms with E-state index in [0.717, 1.165) is 37.6 Å². The highest BCUT2D eigenvalue weighted by molar-refractivity contribution is 7.19. The van der Waals surface area contributed by atoms with E-state index in [1.807, 2.05) is 22.7 Å². The van der Waals surface area contributed by atoms with Crippen molar-refractivity contribution in [3.8, 4) is 64.4 Å². The van der Waals surface area contributed by atoms with Crippen LogP contribution in [0.15, 0.2) is 109 Å². The number of rotatable bonds is 30. The van der Waals surface area contributed by atoms with Crippen molar-refractivity contribution in [2.24, 2.45) is 0 Å². The summed E-state index contributed by atoms with van der Waals surface area (Å²) >= 11 is 3.83. The topological polar surface area (TPSA) is 18.5 Å². The molecule has 4 aromatic carbocycles. The third kappa shape index (κ3) is 13.1. The summed E-state index contributed by atoms with van der Waals surface area (Å²) in [6, 6.07) is 41.8. The van der Waals surface area contributed by atoms with E-state index in [1.54, 1.807) is 11.1 Å². The Hall–Kier alpha value is -4.12. The molecule has 0 unspecified atom stereocenters. The first-order valence-electron chi connectivity index (χ1n) is 26.0. The van der Waals surface area contributed by atoms with Crippen molar-refractivity contribution in [1.82, 2.24) is 0 Å². The number of benzene rings is 4. The van der Waals surface area contributed by atoms with Crippen LogP contribution in [0.4, 0.5) is 0 Å². The second-order valence-electron chi connectivity index (χ2n) is 18.8. The molecule has 0 saturated carbocycles. The Balaban J connectivity index is 1.11. The molecule has 6 aromatic rings. The van der Waals surface area contributed by atoms with Gasteiger partial charge in [0.05, 0.1) is 13.2 Å². The molecule has 65 heavy (non-hydrogen) atoms. The number of hydrogen-bond acceptors (Lipinski definition) is 4. The van der Waals surface area contributed by atoms with Crippen LogP contribution in [0.1, 0.15) is 180 Å². The minimum Gasteiger partial charge on any atom is -0.494 e. The second-order valence-corrected chi connectivity index (χ2v) is 21.0. The molecular formula is C61H78O2S2. The van der Waals surface area contributed by atoms with Crippen molar-refractivity contribution >= 4 is 22.7 Å². The number of unbranched alkanes of at least 4 members (excludes halogenated alkanes) is 16. The predicted molar refractivity (Wildman–Crippen MR) is 285 cm³/mol. The van der Waals surface area contributed by atoms with Gasteiger partial charge in [0.15, 0.2) is 0 Å². The quantitative estimate of drug-likeness (QED) is 0.0419. The lowest BCUT2D eigenvalue weighted by atomic mass is 9.70. The lowest BCUT2D eigenvalue weighted by Gasteiger charge is -2.33. The molecule has 7 rings (SSSR count). The Morgan fingerprint density at radius 2 is 0.662 bits per heavy atom. The van der Waals surface area contributed by atoms with Crippen molar-refractivity contribution in [1.29, 1.82) is 0 Å². The van der Waals surface area contributed by atoms with Crippen LogP contribution in [0.5, 0.6) is 11.5 Å². The molecule has 0 N–H and O–H groups in total. The van der Waals surface area contributed by atoms with Crippen LogP contribution < -0.4 is 9.47 Å². The molecule has 2 nitrogen and oxygen atoms in total. The number of hydrogen-bond donors (Lipinski definition) is 0. The largest absolute Gasteiger partial charge is 0.494 e. The molecule has 0 spiro atoms. The summed E-state index contributed by atoms with van der Waals surface area (Å²) in [4.78, 5) is 5.31. The average Bonchev–Trinajstić information content (AvgIpc) is 4.10. The highest BCUT2D eigenvalue weighted by Crippen LogP contribution is 2.56. The first kappa shape index (κ1) is 48.8. The highest BCUT2D eigenvalue weighted by Gasteiger charge is 2.42. The van der Waals surface area contributed by atoms with Crippen molar-refractivity contribution < 1.29 is 9.47 Å². The van der Waals surface area contributed by atoms with Gasteiger partial charge in [-0.25, -0.2) is 0 Å². The minimum absolute atomic E-state index is 0.00895. The van der Waals surface area contributed by atoms with Crippen LogP contribution in [0, 0.1) is 0 Å². The van der Waals surface area contributed by atoms with Crippen LogP contribution in [0.2, 0.25) is 0 Å². The lowest BCUT2D eigenvalue weighted by Crippen LogP contribution is -2.25. The van der Waals surface area contributed by atoms with E-state index in [0.29, 0.717) is 0 Å². The number of thiophene rings is 2. The zero-order chi connectivity index (χ0) is 45.1. The summed E-state index contributed by atoms with van der Waals surface area (Å²) in [7, 11) is 0. The van der Waals surface area contributed by atoms with E-state index in [4.69, 9.17) is 9.47 Å². The third-order valence-electron chi connectivity index (χ3n) is 13.9. The monoisotopic (exact) mass is 907 g/mol. The van der Waals surface area contributed by atoms with Crippen molar-refractivity contribution in [2.75, 3.05) is 13.2 Å².